The third-order valence-electron chi connectivity index (χ3n) is 3.41. The molecule has 1 atom stereocenters. The molecule has 0 heterocycles. The van der Waals surface area contributed by atoms with Crippen molar-refractivity contribution in [2.75, 3.05) is 11.0 Å². The van der Waals surface area contributed by atoms with E-state index in [0.717, 1.165) is 17.9 Å². The molecule has 0 aliphatic rings. The van der Waals surface area contributed by atoms with Gasteiger partial charge in [0.05, 0.1) is 17.9 Å². The molecule has 0 aliphatic carbocycles. The van der Waals surface area contributed by atoms with Crippen LogP contribution in [-0.4, -0.2) is 20.6 Å². The third-order valence-corrected chi connectivity index (χ3v) is 4.00. The van der Waals surface area contributed by atoms with Crippen LogP contribution in [0.2, 0.25) is 0 Å². The molecule has 0 saturated heterocycles. The van der Waals surface area contributed by atoms with E-state index < -0.39 is 27.7 Å². The minimum Gasteiger partial charge on any atom is -0.369 e. The van der Waals surface area contributed by atoms with Gasteiger partial charge in [0.25, 0.3) is 0 Å². The smallest absolute Gasteiger partial charge is 0.229 e. The molecule has 1 amide bonds. The monoisotopic (exact) mass is 336 g/mol. The number of sulfonamides is 1. The van der Waals surface area contributed by atoms with E-state index in [4.69, 9.17) is 5.73 Å². The van der Waals surface area contributed by atoms with Crippen LogP contribution in [0, 0.1) is 12.7 Å². The van der Waals surface area contributed by atoms with Crippen LogP contribution >= 0.6 is 0 Å². The second-order valence-electron chi connectivity index (χ2n) is 5.31. The Kier molecular flexibility index (Phi) is 4.70. The maximum atomic E-state index is 14.1. The van der Waals surface area contributed by atoms with E-state index in [9.17, 15) is 17.6 Å². The molecular weight excluding hydrogens is 319 g/mol. The number of hydrogen-bond donors (Lipinski definition) is 2. The fraction of sp³-hybridized carbons (Fsp3) is 0.188. The molecule has 2 aromatic carbocycles. The van der Waals surface area contributed by atoms with Crippen LogP contribution in [0.3, 0.4) is 0 Å². The number of hydrogen-bond acceptors (Lipinski definition) is 3. The molecule has 0 fully saturated rings. The Hall–Kier alpha value is -2.41. The van der Waals surface area contributed by atoms with Crippen molar-refractivity contribution in [3.05, 3.63) is 65.0 Å². The molecule has 2 aromatic rings. The number of benzene rings is 2. The lowest BCUT2D eigenvalue weighted by molar-refractivity contribution is -0.118. The van der Waals surface area contributed by atoms with Gasteiger partial charge in [0.2, 0.25) is 15.9 Å². The Labute approximate surface area is 134 Å². The Bertz CT molecular complexity index is 850. The fourth-order valence-electron chi connectivity index (χ4n) is 2.40. The van der Waals surface area contributed by atoms with Crippen molar-refractivity contribution >= 4 is 21.6 Å². The molecule has 0 aromatic heterocycles. The van der Waals surface area contributed by atoms with Gasteiger partial charge in [-0.2, -0.15) is 0 Å². The summed E-state index contributed by atoms with van der Waals surface area (Å²) in [6.45, 7) is 1.83. The van der Waals surface area contributed by atoms with Crippen LogP contribution in [0.4, 0.5) is 10.1 Å². The molecule has 0 aliphatic heterocycles. The Morgan fingerprint density at radius 1 is 1.22 bits per heavy atom. The fourth-order valence-corrected chi connectivity index (χ4v) is 2.97. The predicted octanol–water partition coefficient (Wildman–Crippen LogP) is 2.12. The number of anilines is 1. The highest BCUT2D eigenvalue weighted by molar-refractivity contribution is 7.92. The number of nitrogens with one attached hydrogen (secondary N) is 1. The molecular formula is C16H17FN2O3S. The number of primary amides is 1. The zero-order valence-electron chi connectivity index (χ0n) is 12.7. The molecule has 0 bridgehead atoms. The summed E-state index contributed by atoms with van der Waals surface area (Å²) in [5.74, 6) is -2.19. The van der Waals surface area contributed by atoms with Crippen LogP contribution in [0.15, 0.2) is 42.5 Å². The molecule has 1 unspecified atom stereocenters. The highest BCUT2D eigenvalue weighted by Crippen LogP contribution is 2.29. The van der Waals surface area contributed by atoms with Crippen molar-refractivity contribution < 1.29 is 17.6 Å². The van der Waals surface area contributed by atoms with Crippen LogP contribution < -0.4 is 10.5 Å². The lowest BCUT2D eigenvalue weighted by Crippen LogP contribution is -2.23. The zero-order valence-corrected chi connectivity index (χ0v) is 13.5. The molecule has 5 nitrogen and oxygen atoms in total. The van der Waals surface area contributed by atoms with E-state index in [2.05, 4.69) is 4.72 Å². The topological polar surface area (TPSA) is 89.3 Å². The maximum Gasteiger partial charge on any atom is 0.229 e. The summed E-state index contributed by atoms with van der Waals surface area (Å²) in [5.41, 5.74) is 7.21. The van der Waals surface area contributed by atoms with Crippen LogP contribution in [0.1, 0.15) is 22.6 Å². The summed E-state index contributed by atoms with van der Waals surface area (Å²) < 4.78 is 38.6. The Morgan fingerprint density at radius 2 is 1.87 bits per heavy atom. The lowest BCUT2D eigenvalue weighted by Gasteiger charge is -2.17. The second kappa shape index (κ2) is 6.37. The average molecular weight is 336 g/mol. The number of nitrogens with two attached hydrogens (primary N) is 1. The van der Waals surface area contributed by atoms with Gasteiger partial charge in [-0.05, 0) is 35.7 Å². The normalized spacial score (nSPS) is 12.7. The van der Waals surface area contributed by atoms with E-state index in [-0.39, 0.29) is 5.69 Å². The Morgan fingerprint density at radius 3 is 2.39 bits per heavy atom. The van der Waals surface area contributed by atoms with Crippen molar-refractivity contribution in [2.45, 2.75) is 12.8 Å². The Balaban J connectivity index is 2.48. The summed E-state index contributed by atoms with van der Waals surface area (Å²) >= 11 is 0. The SMILES string of the molecule is Cc1ccccc1C(C(N)=O)c1ccc(NS(C)(=O)=O)c(F)c1. The van der Waals surface area contributed by atoms with Crippen molar-refractivity contribution in [3.8, 4) is 0 Å². The average Bonchev–Trinajstić information content (AvgIpc) is 2.42. The molecule has 23 heavy (non-hydrogen) atoms. The molecule has 0 saturated carbocycles. The van der Waals surface area contributed by atoms with Crippen LogP contribution in [-0.2, 0) is 14.8 Å². The summed E-state index contributed by atoms with van der Waals surface area (Å²) in [6, 6.07) is 11.1. The van der Waals surface area contributed by atoms with Crippen LogP contribution in [0.25, 0.3) is 0 Å². The van der Waals surface area contributed by atoms with Gasteiger partial charge < -0.3 is 5.73 Å². The highest BCUT2D eigenvalue weighted by Gasteiger charge is 2.23. The molecule has 0 radical (unpaired) electrons. The first-order valence-electron chi connectivity index (χ1n) is 6.81. The molecule has 0 spiro atoms. The third kappa shape index (κ3) is 4.07. The van der Waals surface area contributed by atoms with Crippen LogP contribution in [0.5, 0.6) is 0 Å². The first-order chi connectivity index (χ1) is 10.7. The number of aryl methyl sites for hydroxylation is 1. The van der Waals surface area contributed by atoms with Gasteiger partial charge in [-0.1, -0.05) is 30.3 Å². The molecule has 122 valence electrons. The van der Waals surface area contributed by atoms with Gasteiger partial charge in [0.1, 0.15) is 5.82 Å². The molecule has 7 heteroatoms. The van der Waals surface area contributed by atoms with Gasteiger partial charge >= 0.3 is 0 Å². The van der Waals surface area contributed by atoms with Gasteiger partial charge in [0, 0.05) is 0 Å². The number of carbonyl (C=O) groups excluding carboxylic acids is 1. The predicted molar refractivity (Wildman–Crippen MR) is 87.1 cm³/mol. The van der Waals surface area contributed by atoms with E-state index in [1.807, 2.05) is 19.1 Å². The number of halogens is 1. The van der Waals surface area contributed by atoms with Gasteiger partial charge in [-0.25, -0.2) is 12.8 Å². The number of carbonyl (C=O) groups is 1. The lowest BCUT2D eigenvalue weighted by atomic mass is 9.88. The largest absolute Gasteiger partial charge is 0.369 e. The van der Waals surface area contributed by atoms with Gasteiger partial charge in [-0.3, -0.25) is 9.52 Å². The quantitative estimate of drug-likeness (QED) is 0.876. The highest BCUT2D eigenvalue weighted by atomic mass is 32.2. The van der Waals surface area contributed by atoms with E-state index in [1.54, 1.807) is 12.1 Å². The summed E-state index contributed by atoms with van der Waals surface area (Å²) in [4.78, 5) is 11.9. The van der Waals surface area contributed by atoms with E-state index in [0.29, 0.717) is 11.1 Å². The van der Waals surface area contributed by atoms with E-state index >= 15 is 0 Å². The number of rotatable bonds is 5. The van der Waals surface area contributed by atoms with Crippen molar-refractivity contribution in [3.63, 3.8) is 0 Å². The summed E-state index contributed by atoms with van der Waals surface area (Å²) in [6.07, 6.45) is 0.930. The van der Waals surface area contributed by atoms with Gasteiger partial charge in [-0.15, -0.1) is 0 Å². The summed E-state index contributed by atoms with van der Waals surface area (Å²) in [7, 11) is -3.59. The summed E-state index contributed by atoms with van der Waals surface area (Å²) in [5, 5.41) is 0. The van der Waals surface area contributed by atoms with Crippen molar-refractivity contribution in [1.29, 1.82) is 0 Å². The second-order valence-corrected chi connectivity index (χ2v) is 7.05. The first kappa shape index (κ1) is 17.0. The molecule has 3 N–H and O–H groups in total. The number of amides is 1. The van der Waals surface area contributed by atoms with Crippen molar-refractivity contribution in [1.82, 2.24) is 0 Å². The molecule has 2 rings (SSSR count). The maximum absolute atomic E-state index is 14.1. The van der Waals surface area contributed by atoms with E-state index in [1.165, 1.54) is 12.1 Å². The standard InChI is InChI=1S/C16H17FN2O3S/c1-10-5-3-4-6-12(10)15(16(18)20)11-7-8-14(13(17)9-11)19-23(2,21)22/h3-9,15,19H,1-2H3,(H2,18,20). The minimum absolute atomic E-state index is 0.177. The minimum atomic E-state index is -3.59. The zero-order chi connectivity index (χ0) is 17.2. The van der Waals surface area contributed by atoms with Gasteiger partial charge in [0.15, 0.2) is 0 Å². The first-order valence-corrected chi connectivity index (χ1v) is 8.70. The van der Waals surface area contributed by atoms with Crippen molar-refractivity contribution in [2.24, 2.45) is 5.73 Å².